The van der Waals surface area contributed by atoms with E-state index in [0.29, 0.717) is 5.75 Å². The predicted molar refractivity (Wildman–Crippen MR) is 74.8 cm³/mol. The van der Waals surface area contributed by atoms with Crippen molar-refractivity contribution in [3.05, 3.63) is 65.2 Å². The fourth-order valence-electron chi connectivity index (χ4n) is 2.04. The summed E-state index contributed by atoms with van der Waals surface area (Å²) in [6.45, 7) is 2.18. The van der Waals surface area contributed by atoms with Gasteiger partial charge in [-0.05, 0) is 41.7 Å². The molecule has 0 heterocycles. The highest BCUT2D eigenvalue weighted by molar-refractivity contribution is 5.39. The molecule has 0 atom stereocenters. The first-order valence-electron chi connectivity index (χ1n) is 6.56. The molecule has 93 valence electrons. The van der Waals surface area contributed by atoms with Crippen LogP contribution in [-0.4, -0.2) is 5.11 Å². The van der Waals surface area contributed by atoms with Gasteiger partial charge in [-0.2, -0.15) is 0 Å². The Morgan fingerprint density at radius 3 is 2.72 bits per heavy atom. The number of aromatic hydroxyl groups is 1. The molecule has 0 aliphatic heterocycles. The molecule has 2 rings (SSSR count). The van der Waals surface area contributed by atoms with Crippen molar-refractivity contribution < 1.29 is 5.11 Å². The predicted octanol–water partition coefficient (Wildman–Crippen LogP) is 4.13. The summed E-state index contributed by atoms with van der Waals surface area (Å²) in [5, 5.41) is 10.0. The Morgan fingerprint density at radius 1 is 1.17 bits per heavy atom. The SMILES string of the molecule is CCCCc1ccc(Cc2[c]cccc2)c(O)c1. The zero-order valence-corrected chi connectivity index (χ0v) is 10.8. The van der Waals surface area contributed by atoms with Gasteiger partial charge >= 0.3 is 0 Å². The molecule has 0 amide bonds. The quantitative estimate of drug-likeness (QED) is 0.832. The van der Waals surface area contributed by atoms with Crippen molar-refractivity contribution in [2.45, 2.75) is 32.6 Å². The smallest absolute Gasteiger partial charge is 0.119 e. The van der Waals surface area contributed by atoms with Crippen molar-refractivity contribution >= 4 is 0 Å². The fraction of sp³-hybridized carbons (Fsp3) is 0.294. The molecule has 0 saturated heterocycles. The number of phenolic OH excluding ortho intramolecular Hbond substituents is 1. The maximum Gasteiger partial charge on any atom is 0.119 e. The Morgan fingerprint density at radius 2 is 2.06 bits per heavy atom. The number of benzene rings is 2. The summed E-state index contributed by atoms with van der Waals surface area (Å²) in [6, 6.07) is 17.1. The summed E-state index contributed by atoms with van der Waals surface area (Å²) in [7, 11) is 0. The second-order valence-corrected chi connectivity index (χ2v) is 4.63. The summed E-state index contributed by atoms with van der Waals surface area (Å²) < 4.78 is 0. The molecule has 0 aromatic heterocycles. The van der Waals surface area contributed by atoms with Crippen LogP contribution >= 0.6 is 0 Å². The Labute approximate surface area is 109 Å². The lowest BCUT2D eigenvalue weighted by Crippen LogP contribution is -1.91. The Kier molecular flexibility index (Phi) is 4.40. The van der Waals surface area contributed by atoms with E-state index in [1.807, 2.05) is 36.4 Å². The highest BCUT2D eigenvalue weighted by atomic mass is 16.3. The number of unbranched alkanes of at least 4 members (excludes halogenated alkanes) is 1. The largest absolute Gasteiger partial charge is 0.508 e. The summed E-state index contributed by atoms with van der Waals surface area (Å²) in [4.78, 5) is 0. The van der Waals surface area contributed by atoms with E-state index in [4.69, 9.17) is 0 Å². The fourth-order valence-corrected chi connectivity index (χ4v) is 2.04. The molecular formula is C17H19O. The minimum atomic E-state index is 0.404. The first kappa shape index (κ1) is 12.7. The van der Waals surface area contributed by atoms with Gasteiger partial charge in [-0.25, -0.2) is 0 Å². The van der Waals surface area contributed by atoms with Crippen LogP contribution in [0.3, 0.4) is 0 Å². The minimum absolute atomic E-state index is 0.404. The monoisotopic (exact) mass is 239 g/mol. The van der Waals surface area contributed by atoms with Gasteiger partial charge in [0.15, 0.2) is 0 Å². The van der Waals surface area contributed by atoms with E-state index in [-0.39, 0.29) is 0 Å². The maximum atomic E-state index is 10.0. The van der Waals surface area contributed by atoms with Crippen LogP contribution < -0.4 is 0 Å². The van der Waals surface area contributed by atoms with Crippen LogP contribution in [0.2, 0.25) is 0 Å². The highest BCUT2D eigenvalue weighted by Crippen LogP contribution is 2.22. The molecular weight excluding hydrogens is 220 g/mol. The topological polar surface area (TPSA) is 20.2 Å². The van der Waals surface area contributed by atoms with Gasteiger partial charge < -0.3 is 5.11 Å². The molecule has 0 bridgehead atoms. The lowest BCUT2D eigenvalue weighted by atomic mass is 10.0. The molecule has 2 aromatic carbocycles. The van der Waals surface area contributed by atoms with Gasteiger partial charge in [0, 0.05) is 6.42 Å². The number of rotatable bonds is 5. The van der Waals surface area contributed by atoms with Crippen LogP contribution in [0.15, 0.2) is 42.5 Å². The molecule has 0 saturated carbocycles. The van der Waals surface area contributed by atoms with Crippen LogP contribution in [0, 0.1) is 6.07 Å². The Balaban J connectivity index is 2.10. The van der Waals surface area contributed by atoms with Gasteiger partial charge in [0.1, 0.15) is 5.75 Å². The molecule has 1 nitrogen and oxygen atoms in total. The van der Waals surface area contributed by atoms with E-state index in [1.54, 1.807) is 0 Å². The minimum Gasteiger partial charge on any atom is -0.508 e. The molecule has 0 fully saturated rings. The van der Waals surface area contributed by atoms with Crippen molar-refractivity contribution in [2.75, 3.05) is 0 Å². The van der Waals surface area contributed by atoms with E-state index >= 15 is 0 Å². The Bertz CT molecular complexity index is 488. The molecule has 0 aliphatic rings. The molecule has 0 aliphatic carbocycles. The summed E-state index contributed by atoms with van der Waals surface area (Å²) in [5.74, 6) is 0.404. The average Bonchev–Trinajstić information content (AvgIpc) is 2.40. The lowest BCUT2D eigenvalue weighted by Gasteiger charge is -2.07. The van der Waals surface area contributed by atoms with Crippen molar-refractivity contribution in [2.24, 2.45) is 0 Å². The van der Waals surface area contributed by atoms with Crippen molar-refractivity contribution in [3.63, 3.8) is 0 Å². The molecule has 18 heavy (non-hydrogen) atoms. The van der Waals surface area contributed by atoms with Crippen molar-refractivity contribution in [1.29, 1.82) is 0 Å². The number of hydrogen-bond donors (Lipinski definition) is 1. The normalized spacial score (nSPS) is 10.5. The summed E-state index contributed by atoms with van der Waals surface area (Å²) >= 11 is 0. The highest BCUT2D eigenvalue weighted by Gasteiger charge is 2.04. The second-order valence-electron chi connectivity index (χ2n) is 4.63. The van der Waals surface area contributed by atoms with Crippen LogP contribution in [0.1, 0.15) is 36.5 Å². The van der Waals surface area contributed by atoms with Gasteiger partial charge in [0.2, 0.25) is 0 Å². The van der Waals surface area contributed by atoms with Crippen molar-refractivity contribution in [3.8, 4) is 5.75 Å². The zero-order chi connectivity index (χ0) is 12.8. The molecule has 2 aromatic rings. The van der Waals surface area contributed by atoms with Crippen LogP contribution in [0.4, 0.5) is 0 Å². The van der Waals surface area contributed by atoms with Gasteiger partial charge in [0.05, 0.1) is 0 Å². The summed E-state index contributed by atoms with van der Waals surface area (Å²) in [6.07, 6.45) is 4.13. The lowest BCUT2D eigenvalue weighted by molar-refractivity contribution is 0.468. The first-order valence-corrected chi connectivity index (χ1v) is 6.56. The molecule has 1 N–H and O–H groups in total. The third kappa shape index (κ3) is 3.36. The van der Waals surface area contributed by atoms with Crippen LogP contribution in [0.5, 0.6) is 5.75 Å². The molecule has 0 spiro atoms. The average molecular weight is 239 g/mol. The molecule has 1 heteroatoms. The van der Waals surface area contributed by atoms with E-state index in [0.717, 1.165) is 24.0 Å². The molecule has 1 radical (unpaired) electrons. The van der Waals surface area contributed by atoms with Gasteiger partial charge in [-0.1, -0.05) is 49.7 Å². The standard InChI is InChI=1S/C17H19O/c1-2-3-7-15-10-11-16(17(18)13-15)12-14-8-5-4-6-9-14/h4-6,8,10-11,13,18H,2-3,7,12H2,1H3. The third-order valence-corrected chi connectivity index (χ3v) is 3.12. The van der Waals surface area contributed by atoms with E-state index in [2.05, 4.69) is 19.1 Å². The van der Waals surface area contributed by atoms with Gasteiger partial charge in [0.25, 0.3) is 0 Å². The first-order chi connectivity index (χ1) is 8.79. The third-order valence-electron chi connectivity index (χ3n) is 3.12. The van der Waals surface area contributed by atoms with Crippen molar-refractivity contribution in [1.82, 2.24) is 0 Å². The number of aryl methyl sites for hydroxylation is 1. The van der Waals surface area contributed by atoms with Crippen LogP contribution in [-0.2, 0) is 12.8 Å². The van der Waals surface area contributed by atoms with Gasteiger partial charge in [-0.15, -0.1) is 0 Å². The van der Waals surface area contributed by atoms with E-state index < -0.39 is 0 Å². The number of phenols is 1. The summed E-state index contributed by atoms with van der Waals surface area (Å²) in [5.41, 5.74) is 3.29. The molecule has 0 unspecified atom stereocenters. The van der Waals surface area contributed by atoms with E-state index in [1.165, 1.54) is 18.4 Å². The Hall–Kier alpha value is -1.76. The second kappa shape index (κ2) is 6.25. The van der Waals surface area contributed by atoms with E-state index in [9.17, 15) is 5.11 Å². The maximum absolute atomic E-state index is 10.0. The number of hydrogen-bond acceptors (Lipinski definition) is 1. The van der Waals surface area contributed by atoms with Crippen LogP contribution in [0.25, 0.3) is 0 Å². The zero-order valence-electron chi connectivity index (χ0n) is 10.8. The van der Waals surface area contributed by atoms with Gasteiger partial charge in [-0.3, -0.25) is 0 Å².